The van der Waals surface area contributed by atoms with Gasteiger partial charge in [0.2, 0.25) is 0 Å². The first-order chi connectivity index (χ1) is 10.0. The molecule has 2 nitrogen and oxygen atoms in total. The fraction of sp³-hybridized carbons (Fsp3) is 0.250. The fourth-order valence-corrected chi connectivity index (χ4v) is 2.73. The van der Waals surface area contributed by atoms with Crippen LogP contribution in [0.25, 0.3) is 0 Å². The van der Waals surface area contributed by atoms with Crippen molar-refractivity contribution in [1.29, 1.82) is 0 Å². The van der Waals surface area contributed by atoms with Crippen molar-refractivity contribution in [1.82, 2.24) is 0 Å². The highest BCUT2D eigenvalue weighted by molar-refractivity contribution is 6.33. The highest BCUT2D eigenvalue weighted by Gasteiger charge is 2.11. The van der Waals surface area contributed by atoms with Gasteiger partial charge < -0.3 is 10.1 Å². The van der Waals surface area contributed by atoms with Gasteiger partial charge in [0.15, 0.2) is 0 Å². The average molecular weight is 345 g/mol. The number of ether oxygens (including phenoxy) is 1. The quantitative estimate of drug-likeness (QED) is 0.695. The Morgan fingerprint density at radius 2 is 1.81 bits per heavy atom. The SMILES string of the molecule is CCOc1ccc(NC(C)c2cc(Cl)ccc2Cl)cc1Cl. The minimum Gasteiger partial charge on any atom is -0.492 e. The van der Waals surface area contributed by atoms with Crippen molar-refractivity contribution >= 4 is 40.5 Å². The number of nitrogens with one attached hydrogen (secondary N) is 1. The number of rotatable bonds is 5. The molecule has 0 heterocycles. The second-order valence-electron chi connectivity index (χ2n) is 4.61. The molecular formula is C16H16Cl3NO. The van der Waals surface area contributed by atoms with Gasteiger partial charge in [-0.1, -0.05) is 34.8 Å². The van der Waals surface area contributed by atoms with Gasteiger partial charge in [-0.05, 0) is 55.8 Å². The minimum atomic E-state index is 0.00482. The molecule has 5 heteroatoms. The van der Waals surface area contributed by atoms with E-state index < -0.39 is 0 Å². The van der Waals surface area contributed by atoms with Crippen molar-refractivity contribution in [3.05, 3.63) is 57.0 Å². The maximum atomic E-state index is 6.21. The van der Waals surface area contributed by atoms with Crippen LogP contribution >= 0.6 is 34.8 Å². The predicted molar refractivity (Wildman–Crippen MR) is 91.1 cm³/mol. The van der Waals surface area contributed by atoms with Gasteiger partial charge >= 0.3 is 0 Å². The van der Waals surface area contributed by atoms with Crippen molar-refractivity contribution in [2.75, 3.05) is 11.9 Å². The van der Waals surface area contributed by atoms with Gasteiger partial charge in [-0.3, -0.25) is 0 Å². The van der Waals surface area contributed by atoms with E-state index in [0.29, 0.717) is 27.4 Å². The smallest absolute Gasteiger partial charge is 0.138 e. The number of hydrogen-bond donors (Lipinski definition) is 1. The van der Waals surface area contributed by atoms with Crippen molar-refractivity contribution in [2.45, 2.75) is 19.9 Å². The summed E-state index contributed by atoms with van der Waals surface area (Å²) in [6, 6.07) is 11.0. The number of hydrogen-bond acceptors (Lipinski definition) is 2. The summed E-state index contributed by atoms with van der Waals surface area (Å²) < 4.78 is 5.42. The van der Waals surface area contributed by atoms with Crippen LogP contribution in [0.2, 0.25) is 15.1 Å². The van der Waals surface area contributed by atoms with Crippen molar-refractivity contribution in [3.8, 4) is 5.75 Å². The molecule has 0 fully saturated rings. The van der Waals surface area contributed by atoms with Crippen LogP contribution in [0.4, 0.5) is 5.69 Å². The molecule has 0 amide bonds. The lowest BCUT2D eigenvalue weighted by Gasteiger charge is -2.18. The second-order valence-corrected chi connectivity index (χ2v) is 5.86. The van der Waals surface area contributed by atoms with E-state index in [4.69, 9.17) is 39.5 Å². The third kappa shape index (κ3) is 4.19. The van der Waals surface area contributed by atoms with Crippen LogP contribution in [0.15, 0.2) is 36.4 Å². The molecule has 1 atom stereocenters. The standard InChI is InChI=1S/C16H16Cl3NO/c1-3-21-16-7-5-12(9-15(16)19)20-10(2)13-8-11(17)4-6-14(13)18/h4-10,20H,3H2,1-2H3. The Hall–Kier alpha value is -1.09. The summed E-state index contributed by atoms with van der Waals surface area (Å²) in [6.45, 7) is 4.52. The lowest BCUT2D eigenvalue weighted by atomic mass is 10.1. The molecule has 21 heavy (non-hydrogen) atoms. The van der Waals surface area contributed by atoms with Gasteiger partial charge in [-0.15, -0.1) is 0 Å². The van der Waals surface area contributed by atoms with Crippen molar-refractivity contribution in [2.24, 2.45) is 0 Å². The highest BCUT2D eigenvalue weighted by atomic mass is 35.5. The zero-order valence-electron chi connectivity index (χ0n) is 11.8. The zero-order chi connectivity index (χ0) is 15.4. The summed E-state index contributed by atoms with van der Waals surface area (Å²) >= 11 is 18.4. The first kappa shape index (κ1) is 16.3. The summed E-state index contributed by atoms with van der Waals surface area (Å²) in [5.41, 5.74) is 1.83. The highest BCUT2D eigenvalue weighted by Crippen LogP contribution is 2.32. The average Bonchev–Trinajstić information content (AvgIpc) is 2.44. The molecule has 0 saturated heterocycles. The third-order valence-corrected chi connectivity index (χ3v) is 3.91. The van der Waals surface area contributed by atoms with Gasteiger partial charge in [0, 0.05) is 15.7 Å². The molecule has 2 rings (SSSR count). The number of halogens is 3. The van der Waals surface area contributed by atoms with Crippen LogP contribution in [-0.4, -0.2) is 6.61 Å². The molecule has 1 N–H and O–H groups in total. The van der Waals surface area contributed by atoms with E-state index in [1.54, 1.807) is 12.1 Å². The van der Waals surface area contributed by atoms with E-state index in [1.165, 1.54) is 0 Å². The largest absolute Gasteiger partial charge is 0.492 e. The Morgan fingerprint density at radius 1 is 1.05 bits per heavy atom. The molecule has 0 aliphatic carbocycles. The Kier molecular flexibility index (Phi) is 5.63. The molecule has 2 aromatic carbocycles. The molecule has 0 spiro atoms. The first-order valence-corrected chi connectivity index (χ1v) is 7.78. The molecular weight excluding hydrogens is 329 g/mol. The van der Waals surface area contributed by atoms with Crippen molar-refractivity contribution in [3.63, 3.8) is 0 Å². The summed E-state index contributed by atoms with van der Waals surface area (Å²) in [7, 11) is 0. The summed E-state index contributed by atoms with van der Waals surface area (Å²) in [5, 5.41) is 5.27. The van der Waals surface area contributed by atoms with E-state index >= 15 is 0 Å². The van der Waals surface area contributed by atoms with Crippen LogP contribution in [0.5, 0.6) is 5.75 Å². The van der Waals surface area contributed by atoms with Gasteiger partial charge in [0.25, 0.3) is 0 Å². The third-order valence-electron chi connectivity index (χ3n) is 3.04. The van der Waals surface area contributed by atoms with Crippen LogP contribution in [0, 0.1) is 0 Å². The maximum Gasteiger partial charge on any atom is 0.138 e. The Labute approximate surface area is 140 Å². The molecule has 112 valence electrons. The van der Waals surface area contributed by atoms with E-state index in [0.717, 1.165) is 11.3 Å². The molecule has 0 radical (unpaired) electrons. The molecule has 2 aromatic rings. The Balaban J connectivity index is 2.17. The van der Waals surface area contributed by atoms with Crippen molar-refractivity contribution < 1.29 is 4.74 Å². The second kappa shape index (κ2) is 7.26. The van der Waals surface area contributed by atoms with Crippen LogP contribution in [0.1, 0.15) is 25.5 Å². The van der Waals surface area contributed by atoms with Crippen LogP contribution in [0.3, 0.4) is 0 Å². The lowest BCUT2D eigenvalue weighted by molar-refractivity contribution is 0.340. The van der Waals surface area contributed by atoms with Gasteiger partial charge in [-0.2, -0.15) is 0 Å². The molecule has 0 aliphatic heterocycles. The van der Waals surface area contributed by atoms with Crippen LogP contribution in [-0.2, 0) is 0 Å². The summed E-state index contributed by atoms with van der Waals surface area (Å²) in [6.07, 6.45) is 0. The van der Waals surface area contributed by atoms with E-state index in [2.05, 4.69) is 5.32 Å². The monoisotopic (exact) mass is 343 g/mol. The summed E-state index contributed by atoms with van der Waals surface area (Å²) in [4.78, 5) is 0. The predicted octanol–water partition coefficient (Wildman–Crippen LogP) is 6.22. The number of benzene rings is 2. The molecule has 0 bridgehead atoms. The maximum absolute atomic E-state index is 6.21. The van der Waals surface area contributed by atoms with E-state index in [1.807, 2.05) is 38.1 Å². The Bertz CT molecular complexity index is 631. The summed E-state index contributed by atoms with van der Waals surface area (Å²) in [5.74, 6) is 0.679. The lowest BCUT2D eigenvalue weighted by Crippen LogP contribution is -2.07. The van der Waals surface area contributed by atoms with Crippen LogP contribution < -0.4 is 10.1 Å². The van der Waals surface area contributed by atoms with Gasteiger partial charge in [0.05, 0.1) is 17.7 Å². The zero-order valence-corrected chi connectivity index (χ0v) is 14.1. The van der Waals surface area contributed by atoms with Gasteiger partial charge in [0.1, 0.15) is 5.75 Å². The number of anilines is 1. The molecule has 0 saturated carbocycles. The van der Waals surface area contributed by atoms with E-state index in [9.17, 15) is 0 Å². The first-order valence-electron chi connectivity index (χ1n) is 6.65. The molecule has 1 unspecified atom stereocenters. The molecule has 0 aliphatic rings. The molecule has 0 aromatic heterocycles. The van der Waals surface area contributed by atoms with E-state index in [-0.39, 0.29) is 6.04 Å². The minimum absolute atomic E-state index is 0.00482. The topological polar surface area (TPSA) is 21.3 Å². The fourth-order valence-electron chi connectivity index (χ4n) is 2.04. The normalized spacial score (nSPS) is 12.0. The van der Waals surface area contributed by atoms with Gasteiger partial charge in [-0.25, -0.2) is 0 Å². The Morgan fingerprint density at radius 3 is 2.48 bits per heavy atom.